The number of rotatable bonds is 6. The van der Waals surface area contributed by atoms with Crippen LogP contribution in [-0.4, -0.2) is 23.5 Å². The monoisotopic (exact) mass is 348 g/mol. The number of amides is 2. The lowest BCUT2D eigenvalue weighted by Crippen LogP contribution is -2.41. The third kappa shape index (κ3) is 5.17. The third-order valence-electron chi connectivity index (χ3n) is 3.11. The van der Waals surface area contributed by atoms with Gasteiger partial charge >= 0.3 is 0 Å². The van der Waals surface area contributed by atoms with Crippen LogP contribution in [0.3, 0.4) is 0 Å². The van der Waals surface area contributed by atoms with Gasteiger partial charge in [-0.05, 0) is 30.7 Å². The zero-order valence-corrected chi connectivity index (χ0v) is 13.5. The molecule has 0 bridgehead atoms. The summed E-state index contributed by atoms with van der Waals surface area (Å²) in [4.78, 5) is 23.5. The quantitative estimate of drug-likeness (QED) is 0.553. The third-order valence-corrected chi connectivity index (χ3v) is 3.42. The normalized spacial score (nSPS) is 10.0. The molecule has 6 nitrogen and oxygen atoms in total. The van der Waals surface area contributed by atoms with Gasteiger partial charge in [-0.2, -0.15) is 0 Å². The molecule has 0 atom stereocenters. The second-order valence-electron chi connectivity index (χ2n) is 4.90. The van der Waals surface area contributed by atoms with E-state index >= 15 is 0 Å². The van der Waals surface area contributed by atoms with E-state index in [1.165, 1.54) is 12.1 Å². The predicted octanol–water partition coefficient (Wildman–Crippen LogP) is 2.67. The molecule has 0 heterocycles. The molecular weight excluding hydrogens is 332 g/mol. The van der Waals surface area contributed by atoms with Crippen LogP contribution in [0.4, 0.5) is 0 Å². The van der Waals surface area contributed by atoms with Gasteiger partial charge in [-0.25, -0.2) is 0 Å². The van der Waals surface area contributed by atoms with Crippen LogP contribution in [0.25, 0.3) is 0 Å². The highest BCUT2D eigenvalue weighted by Crippen LogP contribution is 2.23. The van der Waals surface area contributed by atoms with Crippen LogP contribution in [0.5, 0.6) is 11.5 Å². The summed E-state index contributed by atoms with van der Waals surface area (Å²) in [5, 5.41) is 10.1. The second-order valence-corrected chi connectivity index (χ2v) is 5.31. The van der Waals surface area contributed by atoms with Crippen molar-refractivity contribution in [3.05, 3.63) is 59.1 Å². The van der Waals surface area contributed by atoms with Crippen molar-refractivity contribution in [2.75, 3.05) is 6.61 Å². The van der Waals surface area contributed by atoms with E-state index in [0.29, 0.717) is 23.8 Å². The summed E-state index contributed by atoms with van der Waals surface area (Å²) in [6.45, 7) is 0.324. The van der Waals surface area contributed by atoms with Gasteiger partial charge in [-0.1, -0.05) is 35.9 Å². The molecule has 126 valence electrons. The predicted molar refractivity (Wildman–Crippen MR) is 89.9 cm³/mol. The minimum absolute atomic E-state index is 0.0832. The Hall–Kier alpha value is -2.73. The second kappa shape index (κ2) is 8.79. The Kier molecular flexibility index (Phi) is 6.45. The molecule has 0 saturated carbocycles. The van der Waals surface area contributed by atoms with Gasteiger partial charge in [0.1, 0.15) is 11.5 Å². The number of aromatic hydroxyl groups is 1. The first-order chi connectivity index (χ1) is 11.6. The summed E-state index contributed by atoms with van der Waals surface area (Å²) < 4.78 is 5.47. The largest absolute Gasteiger partial charge is 0.507 e. The molecular formula is C17H17ClN2O4. The lowest BCUT2D eigenvalue weighted by molar-refractivity contribution is -0.122. The van der Waals surface area contributed by atoms with Gasteiger partial charge < -0.3 is 9.84 Å². The SMILES string of the molecule is O=C(CCCOc1ccccc1Cl)NNC(=O)c1ccccc1O. The lowest BCUT2D eigenvalue weighted by Gasteiger charge is -2.09. The summed E-state index contributed by atoms with van der Waals surface area (Å²) in [5.74, 6) is -0.542. The molecule has 0 fully saturated rings. The molecule has 7 heteroatoms. The molecule has 2 amide bonds. The zero-order valence-electron chi connectivity index (χ0n) is 12.8. The Balaban J connectivity index is 1.68. The molecule has 0 spiro atoms. The van der Waals surface area contributed by atoms with Crippen LogP contribution < -0.4 is 15.6 Å². The summed E-state index contributed by atoms with van der Waals surface area (Å²) >= 11 is 5.95. The highest BCUT2D eigenvalue weighted by atomic mass is 35.5. The number of hydrazine groups is 1. The molecule has 3 N–H and O–H groups in total. The number of halogens is 1. The molecule has 0 aromatic heterocycles. The average molecular weight is 349 g/mol. The molecule has 2 rings (SSSR count). The summed E-state index contributed by atoms with van der Waals surface area (Å²) in [7, 11) is 0. The first-order valence-electron chi connectivity index (χ1n) is 7.32. The van der Waals surface area contributed by atoms with Crippen LogP contribution in [0, 0.1) is 0 Å². The van der Waals surface area contributed by atoms with E-state index in [1.807, 2.05) is 6.07 Å². The Labute approximate surface area is 144 Å². The minimum atomic E-state index is -0.589. The van der Waals surface area contributed by atoms with Gasteiger partial charge in [0.05, 0.1) is 17.2 Å². The van der Waals surface area contributed by atoms with E-state index in [4.69, 9.17) is 16.3 Å². The van der Waals surface area contributed by atoms with Crippen LogP contribution in [0.2, 0.25) is 5.02 Å². The van der Waals surface area contributed by atoms with Crippen LogP contribution in [-0.2, 0) is 4.79 Å². The highest BCUT2D eigenvalue weighted by Gasteiger charge is 2.11. The van der Waals surface area contributed by atoms with Crippen molar-refractivity contribution < 1.29 is 19.4 Å². The maximum Gasteiger partial charge on any atom is 0.273 e. The van der Waals surface area contributed by atoms with E-state index in [-0.39, 0.29) is 23.6 Å². The first kappa shape index (κ1) is 17.6. The fourth-order valence-corrected chi connectivity index (χ4v) is 2.09. The summed E-state index contributed by atoms with van der Waals surface area (Å²) in [6.07, 6.45) is 0.634. The summed E-state index contributed by atoms with van der Waals surface area (Å²) in [5.41, 5.74) is 4.62. The highest BCUT2D eigenvalue weighted by molar-refractivity contribution is 6.32. The number of benzene rings is 2. The number of nitrogens with one attached hydrogen (secondary N) is 2. The molecule has 2 aromatic carbocycles. The maximum absolute atomic E-state index is 11.8. The van der Waals surface area contributed by atoms with Crippen LogP contribution in [0.1, 0.15) is 23.2 Å². The number of para-hydroxylation sites is 2. The standard InChI is InChI=1S/C17H17ClN2O4/c18-13-7-2-4-9-15(13)24-11-5-10-16(22)19-20-17(23)12-6-1-3-8-14(12)21/h1-4,6-9,21H,5,10-11H2,(H,19,22)(H,20,23). The Morgan fingerprint density at radius 2 is 1.75 bits per heavy atom. The van der Waals surface area contributed by atoms with Crippen LogP contribution >= 0.6 is 11.6 Å². The topological polar surface area (TPSA) is 87.7 Å². The van der Waals surface area contributed by atoms with E-state index in [1.54, 1.807) is 30.3 Å². The number of phenols is 1. The van der Waals surface area contributed by atoms with Gasteiger partial charge in [-0.15, -0.1) is 0 Å². The van der Waals surface area contributed by atoms with Gasteiger partial charge in [0.2, 0.25) is 5.91 Å². The van der Waals surface area contributed by atoms with Gasteiger partial charge in [0, 0.05) is 6.42 Å². The molecule has 0 unspecified atom stereocenters. The molecule has 2 aromatic rings. The molecule has 0 radical (unpaired) electrons. The molecule has 24 heavy (non-hydrogen) atoms. The van der Waals surface area contributed by atoms with Crippen molar-refractivity contribution in [1.29, 1.82) is 0 Å². The molecule has 0 aliphatic carbocycles. The fourth-order valence-electron chi connectivity index (χ4n) is 1.90. The number of carbonyl (C=O) groups is 2. The average Bonchev–Trinajstić information content (AvgIpc) is 2.58. The molecule has 0 saturated heterocycles. The Morgan fingerprint density at radius 3 is 2.50 bits per heavy atom. The van der Waals surface area contributed by atoms with Crippen molar-refractivity contribution in [3.63, 3.8) is 0 Å². The van der Waals surface area contributed by atoms with Crippen molar-refractivity contribution in [2.24, 2.45) is 0 Å². The van der Waals surface area contributed by atoms with Gasteiger partial charge in [0.15, 0.2) is 0 Å². The fraction of sp³-hybridized carbons (Fsp3) is 0.176. The van der Waals surface area contributed by atoms with Crippen molar-refractivity contribution in [3.8, 4) is 11.5 Å². The van der Waals surface area contributed by atoms with Crippen molar-refractivity contribution in [2.45, 2.75) is 12.8 Å². The van der Waals surface area contributed by atoms with Crippen LogP contribution in [0.15, 0.2) is 48.5 Å². The molecule has 0 aliphatic heterocycles. The van der Waals surface area contributed by atoms with Crippen molar-refractivity contribution >= 4 is 23.4 Å². The van der Waals surface area contributed by atoms with Gasteiger partial charge in [0.25, 0.3) is 5.91 Å². The van der Waals surface area contributed by atoms with E-state index in [0.717, 1.165) is 0 Å². The number of phenolic OH excluding ortho intramolecular Hbond substituents is 1. The van der Waals surface area contributed by atoms with Gasteiger partial charge in [-0.3, -0.25) is 20.4 Å². The number of carbonyl (C=O) groups excluding carboxylic acids is 2. The zero-order chi connectivity index (χ0) is 17.4. The molecule has 0 aliphatic rings. The van der Waals surface area contributed by atoms with E-state index in [9.17, 15) is 14.7 Å². The van der Waals surface area contributed by atoms with E-state index < -0.39 is 5.91 Å². The maximum atomic E-state index is 11.8. The Morgan fingerprint density at radius 1 is 1.04 bits per heavy atom. The lowest BCUT2D eigenvalue weighted by atomic mass is 10.2. The summed E-state index contributed by atoms with van der Waals surface area (Å²) in [6, 6.07) is 13.1. The first-order valence-corrected chi connectivity index (χ1v) is 7.70. The number of hydrogen-bond acceptors (Lipinski definition) is 4. The van der Waals surface area contributed by atoms with E-state index in [2.05, 4.69) is 10.9 Å². The smallest absolute Gasteiger partial charge is 0.273 e. The minimum Gasteiger partial charge on any atom is -0.507 e. The number of hydrogen-bond donors (Lipinski definition) is 3. The van der Waals surface area contributed by atoms with Crippen molar-refractivity contribution in [1.82, 2.24) is 10.9 Å². The Bertz CT molecular complexity index is 721. The number of ether oxygens (including phenoxy) is 1.